The summed E-state index contributed by atoms with van der Waals surface area (Å²) < 4.78 is 12.7. The number of benzene rings is 2. The summed E-state index contributed by atoms with van der Waals surface area (Å²) in [5.41, 5.74) is 7.60. The van der Waals surface area contributed by atoms with Gasteiger partial charge in [0.25, 0.3) is 0 Å². The molecule has 1 aliphatic rings. The predicted molar refractivity (Wildman–Crippen MR) is 171 cm³/mol. The van der Waals surface area contributed by atoms with Crippen LogP contribution >= 0.6 is 23.5 Å². The third kappa shape index (κ3) is 9.91. The lowest BCUT2D eigenvalue weighted by Crippen LogP contribution is -2.36. The lowest BCUT2D eigenvalue weighted by atomic mass is 10.1. The van der Waals surface area contributed by atoms with E-state index in [0.29, 0.717) is 17.4 Å². The van der Waals surface area contributed by atoms with Crippen molar-refractivity contribution in [1.82, 2.24) is 9.55 Å². The van der Waals surface area contributed by atoms with Gasteiger partial charge >= 0.3 is 5.69 Å². The lowest BCUT2D eigenvalue weighted by molar-refractivity contribution is -0.0600. The number of nitrogens with zero attached hydrogens (tertiary/aromatic N) is 2. The second-order valence-corrected chi connectivity index (χ2v) is 12.8. The Hall–Kier alpha value is -2.76. The number of hydrogen-bond acceptors (Lipinski definition) is 9. The van der Waals surface area contributed by atoms with Gasteiger partial charge in [-0.3, -0.25) is 4.57 Å². The first-order valence-corrected chi connectivity index (χ1v) is 16.5. The SMILES string of the molecule is C=C(CCCCC(CCSCc1ccccc1)SCc1ccccc1)OCC1OC(n2ccc(N)nc2=O)C(O)C1O. The highest BCUT2D eigenvalue weighted by Crippen LogP contribution is 2.30. The van der Waals surface area contributed by atoms with Gasteiger partial charge in [-0.1, -0.05) is 73.7 Å². The van der Waals surface area contributed by atoms with E-state index in [1.54, 1.807) is 0 Å². The van der Waals surface area contributed by atoms with Crippen LogP contribution in [-0.2, 0) is 21.0 Å². The van der Waals surface area contributed by atoms with Gasteiger partial charge in [0, 0.05) is 29.4 Å². The molecule has 5 unspecified atom stereocenters. The summed E-state index contributed by atoms with van der Waals surface area (Å²) >= 11 is 4.03. The van der Waals surface area contributed by atoms with Gasteiger partial charge in [-0.15, -0.1) is 0 Å². The Morgan fingerprint density at radius 3 is 2.38 bits per heavy atom. The van der Waals surface area contributed by atoms with E-state index in [4.69, 9.17) is 15.2 Å². The second kappa shape index (κ2) is 16.8. The Kier molecular flexibility index (Phi) is 12.8. The van der Waals surface area contributed by atoms with Crippen LogP contribution in [0.15, 0.2) is 90.1 Å². The van der Waals surface area contributed by atoms with Gasteiger partial charge in [0.05, 0.1) is 5.76 Å². The molecule has 42 heavy (non-hydrogen) atoms. The second-order valence-electron chi connectivity index (χ2n) is 10.4. The molecule has 1 saturated heterocycles. The Balaban J connectivity index is 1.17. The zero-order valence-corrected chi connectivity index (χ0v) is 25.4. The average molecular weight is 612 g/mol. The summed E-state index contributed by atoms with van der Waals surface area (Å²) in [4.78, 5) is 15.8. The molecule has 10 heteroatoms. The summed E-state index contributed by atoms with van der Waals surface area (Å²) in [7, 11) is 0. The molecule has 0 spiro atoms. The number of unbranched alkanes of at least 4 members (excludes halogenated alkanes) is 1. The first kappa shape index (κ1) is 32.2. The van der Waals surface area contributed by atoms with Gasteiger partial charge in [0.15, 0.2) is 6.23 Å². The molecule has 1 aromatic heterocycles. The van der Waals surface area contributed by atoms with Crippen molar-refractivity contribution in [2.75, 3.05) is 18.1 Å². The van der Waals surface area contributed by atoms with Gasteiger partial charge < -0.3 is 25.4 Å². The number of hydrogen-bond donors (Lipinski definition) is 3. The largest absolute Gasteiger partial charge is 0.496 e. The average Bonchev–Trinajstić information content (AvgIpc) is 3.28. The van der Waals surface area contributed by atoms with Crippen molar-refractivity contribution >= 4 is 29.3 Å². The summed E-state index contributed by atoms with van der Waals surface area (Å²) in [5, 5.41) is 21.5. The number of nitrogens with two attached hydrogens (primary N) is 1. The number of aromatic nitrogens is 2. The third-order valence-electron chi connectivity index (χ3n) is 7.17. The molecule has 2 heterocycles. The maximum absolute atomic E-state index is 12.1. The van der Waals surface area contributed by atoms with E-state index in [9.17, 15) is 15.0 Å². The van der Waals surface area contributed by atoms with Gasteiger partial charge in [-0.25, -0.2) is 4.79 Å². The van der Waals surface area contributed by atoms with E-state index < -0.39 is 30.2 Å². The van der Waals surface area contributed by atoms with Gasteiger partial charge in [0.1, 0.15) is 30.7 Å². The van der Waals surface area contributed by atoms with Crippen LogP contribution in [0.2, 0.25) is 0 Å². The summed E-state index contributed by atoms with van der Waals surface area (Å²) in [5.74, 6) is 3.87. The minimum absolute atomic E-state index is 0.0267. The summed E-state index contributed by atoms with van der Waals surface area (Å²) in [6.45, 7) is 4.06. The van der Waals surface area contributed by atoms with Gasteiger partial charge in [-0.2, -0.15) is 28.5 Å². The molecule has 0 radical (unpaired) electrons. The summed E-state index contributed by atoms with van der Waals surface area (Å²) in [6.07, 6.45) is 2.01. The topological polar surface area (TPSA) is 120 Å². The van der Waals surface area contributed by atoms with Crippen molar-refractivity contribution in [1.29, 1.82) is 0 Å². The predicted octanol–water partition coefficient (Wildman–Crippen LogP) is 5.16. The molecule has 0 bridgehead atoms. The van der Waals surface area contributed by atoms with E-state index in [1.807, 2.05) is 23.5 Å². The minimum Gasteiger partial charge on any atom is -0.496 e. The number of ether oxygens (including phenoxy) is 2. The normalized spacial score (nSPS) is 20.8. The number of aliphatic hydroxyl groups excluding tert-OH is 2. The van der Waals surface area contributed by atoms with Crippen LogP contribution in [0.4, 0.5) is 5.82 Å². The van der Waals surface area contributed by atoms with Crippen LogP contribution in [0, 0.1) is 0 Å². The first-order valence-electron chi connectivity index (χ1n) is 14.3. The fourth-order valence-electron chi connectivity index (χ4n) is 4.76. The van der Waals surface area contributed by atoms with E-state index in [2.05, 4.69) is 72.2 Å². The van der Waals surface area contributed by atoms with E-state index >= 15 is 0 Å². The molecule has 4 rings (SSSR count). The standard InChI is InChI=1S/C32H41N3O5S2/c1-23(39-20-27-29(36)30(37)31(40-27)35-18-16-28(33)34-32(35)38)10-8-9-15-26(42-22-25-13-6-3-7-14-25)17-19-41-21-24-11-4-2-5-12-24/h2-7,11-14,16,18,26-27,29-31,36-37H,1,8-10,15,17,19-22H2,(H2,33,34,38). The van der Waals surface area contributed by atoms with Crippen LogP contribution in [0.25, 0.3) is 0 Å². The molecule has 1 fully saturated rings. The maximum Gasteiger partial charge on any atom is 0.351 e. The number of allylic oxidation sites excluding steroid dienone is 1. The molecular formula is C32H41N3O5S2. The van der Waals surface area contributed by atoms with Crippen molar-refractivity contribution in [2.45, 2.75) is 73.4 Å². The van der Waals surface area contributed by atoms with Crippen LogP contribution in [-0.4, -0.2) is 55.7 Å². The van der Waals surface area contributed by atoms with Crippen LogP contribution in [0.5, 0.6) is 0 Å². The fourth-order valence-corrected chi connectivity index (χ4v) is 7.17. The van der Waals surface area contributed by atoms with Crippen molar-refractivity contribution in [3.8, 4) is 0 Å². The van der Waals surface area contributed by atoms with E-state index in [1.165, 1.54) is 29.8 Å². The third-order valence-corrected chi connectivity index (χ3v) is 9.68. The molecule has 4 N–H and O–H groups in total. The smallest absolute Gasteiger partial charge is 0.351 e. The highest BCUT2D eigenvalue weighted by molar-refractivity contribution is 7.99. The molecular weight excluding hydrogens is 571 g/mol. The quantitative estimate of drug-likeness (QED) is 0.140. The Morgan fingerprint density at radius 2 is 1.69 bits per heavy atom. The Bertz CT molecular complexity index is 1290. The highest BCUT2D eigenvalue weighted by atomic mass is 32.2. The number of rotatable bonds is 17. The maximum atomic E-state index is 12.1. The molecule has 226 valence electrons. The molecule has 0 amide bonds. The van der Waals surface area contributed by atoms with Crippen molar-refractivity contribution in [3.63, 3.8) is 0 Å². The van der Waals surface area contributed by atoms with Crippen LogP contribution in [0.1, 0.15) is 49.5 Å². The van der Waals surface area contributed by atoms with Crippen molar-refractivity contribution in [3.05, 3.63) is 107 Å². The molecule has 0 saturated carbocycles. The number of aliphatic hydroxyl groups is 2. The van der Waals surface area contributed by atoms with Crippen LogP contribution < -0.4 is 11.4 Å². The van der Waals surface area contributed by atoms with Crippen molar-refractivity contribution < 1.29 is 19.7 Å². The zero-order chi connectivity index (χ0) is 29.7. The van der Waals surface area contributed by atoms with E-state index in [0.717, 1.165) is 41.1 Å². The molecule has 3 aromatic rings. The number of anilines is 1. The molecule has 2 aromatic carbocycles. The molecule has 0 aliphatic carbocycles. The molecule has 5 atom stereocenters. The van der Waals surface area contributed by atoms with Gasteiger partial charge in [-0.05, 0) is 42.2 Å². The zero-order valence-electron chi connectivity index (χ0n) is 23.8. The number of thioether (sulfide) groups is 2. The monoisotopic (exact) mass is 611 g/mol. The molecule has 8 nitrogen and oxygen atoms in total. The first-order chi connectivity index (χ1) is 20.4. The molecule has 1 aliphatic heterocycles. The van der Waals surface area contributed by atoms with E-state index in [-0.39, 0.29) is 12.4 Å². The Labute approximate surface area is 256 Å². The van der Waals surface area contributed by atoms with Crippen LogP contribution in [0.3, 0.4) is 0 Å². The highest BCUT2D eigenvalue weighted by Gasteiger charge is 2.44. The minimum atomic E-state index is -1.30. The fraction of sp³-hybridized carbons (Fsp3) is 0.438. The van der Waals surface area contributed by atoms with Crippen molar-refractivity contribution in [2.24, 2.45) is 0 Å². The summed E-state index contributed by atoms with van der Waals surface area (Å²) in [6, 6.07) is 22.7. The Morgan fingerprint density at radius 1 is 1.00 bits per heavy atom. The number of nitrogen functional groups attached to an aromatic ring is 1. The van der Waals surface area contributed by atoms with Gasteiger partial charge in [0.2, 0.25) is 0 Å². The lowest BCUT2D eigenvalue weighted by Gasteiger charge is -2.18.